The van der Waals surface area contributed by atoms with Crippen LogP contribution in [0.5, 0.6) is 0 Å². The lowest BCUT2D eigenvalue weighted by Crippen LogP contribution is -2.38. The van der Waals surface area contributed by atoms with Gasteiger partial charge in [0.1, 0.15) is 11.9 Å². The van der Waals surface area contributed by atoms with Gasteiger partial charge in [0.2, 0.25) is 0 Å². The molecule has 0 saturated heterocycles. The van der Waals surface area contributed by atoms with Gasteiger partial charge in [-0.15, -0.1) is 0 Å². The Morgan fingerprint density at radius 2 is 2.05 bits per heavy atom. The van der Waals surface area contributed by atoms with Gasteiger partial charge in [-0.2, -0.15) is 0 Å². The number of esters is 1. The molecule has 0 aromatic heterocycles. The number of halogens is 1. The fourth-order valence-corrected chi connectivity index (χ4v) is 1.96. The van der Waals surface area contributed by atoms with E-state index < -0.39 is 17.8 Å². The van der Waals surface area contributed by atoms with Crippen molar-refractivity contribution in [2.45, 2.75) is 32.9 Å². The standard InChI is InChI=1S/C15H20FNO4/c1-9(2)6-13(15(20)21-3)17-8-10-4-5-11(14(18)19)12(16)7-10/h4-5,7,9,13,17H,6,8H2,1-3H3,(H,18,19). The van der Waals surface area contributed by atoms with Crippen LogP contribution < -0.4 is 5.32 Å². The number of carboxylic acids is 1. The number of benzene rings is 1. The topological polar surface area (TPSA) is 75.6 Å². The van der Waals surface area contributed by atoms with Crippen LogP contribution in [0.2, 0.25) is 0 Å². The Bertz CT molecular complexity index is 516. The van der Waals surface area contributed by atoms with Crippen molar-refractivity contribution in [3.63, 3.8) is 0 Å². The minimum atomic E-state index is -1.31. The zero-order valence-corrected chi connectivity index (χ0v) is 12.4. The number of hydrogen-bond donors (Lipinski definition) is 2. The first kappa shape index (κ1) is 17.1. The summed E-state index contributed by atoms with van der Waals surface area (Å²) in [7, 11) is 1.32. The van der Waals surface area contributed by atoms with Gasteiger partial charge in [-0.05, 0) is 30.0 Å². The van der Waals surface area contributed by atoms with E-state index in [9.17, 15) is 14.0 Å². The second-order valence-corrected chi connectivity index (χ2v) is 5.21. The molecule has 5 nitrogen and oxygen atoms in total. The highest BCUT2D eigenvalue weighted by Gasteiger charge is 2.20. The third kappa shape index (κ3) is 5.15. The van der Waals surface area contributed by atoms with Crippen LogP contribution in [0.15, 0.2) is 18.2 Å². The Labute approximate surface area is 123 Å². The van der Waals surface area contributed by atoms with Crippen molar-refractivity contribution < 1.29 is 23.8 Å². The summed E-state index contributed by atoms with van der Waals surface area (Å²) in [4.78, 5) is 22.4. The smallest absolute Gasteiger partial charge is 0.338 e. The summed E-state index contributed by atoms with van der Waals surface area (Å²) >= 11 is 0. The first-order valence-electron chi connectivity index (χ1n) is 6.68. The number of carbonyl (C=O) groups excluding carboxylic acids is 1. The number of aromatic carboxylic acids is 1. The molecule has 0 aliphatic carbocycles. The minimum Gasteiger partial charge on any atom is -0.478 e. The fraction of sp³-hybridized carbons (Fsp3) is 0.467. The predicted molar refractivity (Wildman–Crippen MR) is 75.5 cm³/mol. The van der Waals surface area contributed by atoms with E-state index in [0.717, 1.165) is 6.07 Å². The summed E-state index contributed by atoms with van der Waals surface area (Å²) in [6, 6.07) is 3.41. The summed E-state index contributed by atoms with van der Waals surface area (Å²) in [5.41, 5.74) is 0.195. The summed E-state index contributed by atoms with van der Waals surface area (Å²) in [6.45, 7) is 4.22. The highest BCUT2D eigenvalue weighted by atomic mass is 19.1. The molecule has 1 atom stereocenters. The maximum Gasteiger partial charge on any atom is 0.338 e. The summed E-state index contributed by atoms with van der Waals surface area (Å²) < 4.78 is 18.3. The second-order valence-electron chi connectivity index (χ2n) is 5.21. The average molecular weight is 297 g/mol. The number of ether oxygens (including phenoxy) is 1. The lowest BCUT2D eigenvalue weighted by atomic mass is 10.0. The van der Waals surface area contributed by atoms with Gasteiger partial charge in [-0.25, -0.2) is 9.18 Å². The van der Waals surface area contributed by atoms with Crippen LogP contribution in [0, 0.1) is 11.7 Å². The molecule has 0 heterocycles. The van der Waals surface area contributed by atoms with Gasteiger partial charge in [-0.1, -0.05) is 19.9 Å². The van der Waals surface area contributed by atoms with Crippen molar-refractivity contribution in [3.05, 3.63) is 35.1 Å². The molecule has 1 aromatic rings. The molecule has 1 aromatic carbocycles. The van der Waals surface area contributed by atoms with Gasteiger partial charge in [0.05, 0.1) is 12.7 Å². The van der Waals surface area contributed by atoms with Crippen LogP contribution in [-0.4, -0.2) is 30.2 Å². The molecule has 21 heavy (non-hydrogen) atoms. The van der Waals surface area contributed by atoms with E-state index in [1.54, 1.807) is 0 Å². The van der Waals surface area contributed by atoms with Crippen LogP contribution >= 0.6 is 0 Å². The molecule has 0 spiro atoms. The Hall–Kier alpha value is -1.95. The van der Waals surface area contributed by atoms with Crippen LogP contribution in [0.25, 0.3) is 0 Å². The molecule has 1 unspecified atom stereocenters. The molecule has 1 rings (SSSR count). The quantitative estimate of drug-likeness (QED) is 0.755. The maximum atomic E-state index is 13.6. The van der Waals surface area contributed by atoms with E-state index in [0.29, 0.717) is 17.9 Å². The van der Waals surface area contributed by atoms with Crippen molar-refractivity contribution in [1.29, 1.82) is 0 Å². The summed E-state index contributed by atoms with van der Waals surface area (Å²) in [5.74, 6) is -2.17. The predicted octanol–water partition coefficient (Wildman–Crippen LogP) is 2.20. The largest absolute Gasteiger partial charge is 0.478 e. The number of carboxylic acid groups (broad SMARTS) is 1. The molecule has 0 saturated carbocycles. The zero-order valence-electron chi connectivity index (χ0n) is 12.4. The minimum absolute atomic E-state index is 0.253. The van der Waals surface area contributed by atoms with E-state index in [1.807, 2.05) is 13.8 Å². The van der Waals surface area contributed by atoms with Gasteiger partial charge >= 0.3 is 11.9 Å². The second kappa shape index (κ2) is 7.73. The Morgan fingerprint density at radius 1 is 1.38 bits per heavy atom. The number of rotatable bonds is 7. The number of carbonyl (C=O) groups is 2. The number of methoxy groups -OCH3 is 1. The number of nitrogens with one attached hydrogen (secondary N) is 1. The van der Waals surface area contributed by atoms with E-state index in [4.69, 9.17) is 9.84 Å². The van der Waals surface area contributed by atoms with Gasteiger partial charge in [0.15, 0.2) is 0 Å². The van der Waals surface area contributed by atoms with Gasteiger partial charge in [0.25, 0.3) is 0 Å². The average Bonchev–Trinajstić information content (AvgIpc) is 2.41. The molecule has 0 fully saturated rings. The summed E-state index contributed by atoms with van der Waals surface area (Å²) in [6.07, 6.45) is 0.600. The highest BCUT2D eigenvalue weighted by Crippen LogP contribution is 2.12. The Kier molecular flexibility index (Phi) is 6.30. The van der Waals surface area contributed by atoms with E-state index in [-0.39, 0.29) is 18.1 Å². The zero-order chi connectivity index (χ0) is 16.0. The molecule has 0 radical (unpaired) electrons. The third-order valence-electron chi connectivity index (χ3n) is 3.01. The normalized spacial score (nSPS) is 12.2. The van der Waals surface area contributed by atoms with E-state index in [1.165, 1.54) is 19.2 Å². The summed E-state index contributed by atoms with van der Waals surface area (Å²) in [5, 5.41) is 11.8. The SMILES string of the molecule is COC(=O)C(CC(C)C)NCc1ccc(C(=O)O)c(F)c1. The molecular formula is C15H20FNO4. The molecule has 2 N–H and O–H groups in total. The van der Waals surface area contributed by atoms with Crippen molar-refractivity contribution in [3.8, 4) is 0 Å². The first-order valence-corrected chi connectivity index (χ1v) is 6.68. The monoisotopic (exact) mass is 297 g/mol. The first-order chi connectivity index (χ1) is 9.85. The lowest BCUT2D eigenvalue weighted by Gasteiger charge is -2.18. The Morgan fingerprint density at radius 3 is 2.52 bits per heavy atom. The highest BCUT2D eigenvalue weighted by molar-refractivity contribution is 5.87. The Balaban J connectivity index is 2.73. The molecule has 0 bridgehead atoms. The van der Waals surface area contributed by atoms with E-state index >= 15 is 0 Å². The lowest BCUT2D eigenvalue weighted by molar-refractivity contribution is -0.143. The van der Waals surface area contributed by atoms with E-state index in [2.05, 4.69) is 5.32 Å². The number of hydrogen-bond acceptors (Lipinski definition) is 4. The third-order valence-corrected chi connectivity index (χ3v) is 3.01. The molecule has 116 valence electrons. The van der Waals surface area contributed by atoms with Crippen molar-refractivity contribution in [2.75, 3.05) is 7.11 Å². The molecule has 6 heteroatoms. The fourth-order valence-electron chi connectivity index (χ4n) is 1.96. The van der Waals surface area contributed by atoms with Crippen molar-refractivity contribution in [2.24, 2.45) is 5.92 Å². The van der Waals surface area contributed by atoms with Crippen LogP contribution in [0.3, 0.4) is 0 Å². The van der Waals surface area contributed by atoms with Crippen LogP contribution in [0.1, 0.15) is 36.2 Å². The molecular weight excluding hydrogens is 277 g/mol. The van der Waals surface area contributed by atoms with Gasteiger partial charge in [0, 0.05) is 6.54 Å². The molecule has 0 amide bonds. The van der Waals surface area contributed by atoms with Crippen LogP contribution in [-0.2, 0) is 16.1 Å². The van der Waals surface area contributed by atoms with Gasteiger partial charge in [-0.3, -0.25) is 4.79 Å². The van der Waals surface area contributed by atoms with Crippen molar-refractivity contribution in [1.82, 2.24) is 5.32 Å². The van der Waals surface area contributed by atoms with Crippen molar-refractivity contribution >= 4 is 11.9 Å². The maximum absolute atomic E-state index is 13.6. The van der Waals surface area contributed by atoms with Crippen LogP contribution in [0.4, 0.5) is 4.39 Å². The van der Waals surface area contributed by atoms with Gasteiger partial charge < -0.3 is 15.2 Å². The molecule has 0 aliphatic rings. The molecule has 0 aliphatic heterocycles.